The number of nitrogens with zero attached hydrogens (tertiary/aromatic N) is 1. The van der Waals surface area contributed by atoms with Gasteiger partial charge in [0.05, 0.1) is 0 Å². The highest BCUT2D eigenvalue weighted by Gasteiger charge is 2.15. The molecule has 0 amide bonds. The summed E-state index contributed by atoms with van der Waals surface area (Å²) in [7, 11) is 1.95. The molecule has 84 valence electrons. The second kappa shape index (κ2) is 5.45. The summed E-state index contributed by atoms with van der Waals surface area (Å²) in [5.41, 5.74) is 6.50. The molecule has 1 unspecified atom stereocenters. The zero-order valence-electron chi connectivity index (χ0n) is 9.00. The summed E-state index contributed by atoms with van der Waals surface area (Å²) < 4.78 is 13.1. The fourth-order valence-electron chi connectivity index (χ4n) is 1.56. The van der Waals surface area contributed by atoms with E-state index in [1.165, 1.54) is 12.1 Å². The molecule has 0 heterocycles. The van der Waals surface area contributed by atoms with Crippen molar-refractivity contribution >= 4 is 11.6 Å². The van der Waals surface area contributed by atoms with Crippen LogP contribution >= 0.6 is 11.6 Å². The molecular weight excluding hydrogens is 215 g/mol. The third-order valence-corrected chi connectivity index (χ3v) is 2.74. The van der Waals surface area contributed by atoms with E-state index < -0.39 is 0 Å². The summed E-state index contributed by atoms with van der Waals surface area (Å²) in [6, 6.07) is 4.55. The Labute approximate surface area is 94.8 Å². The molecule has 2 nitrogen and oxygen atoms in total. The summed E-state index contributed by atoms with van der Waals surface area (Å²) in [5.74, 6) is -0.319. The smallest absolute Gasteiger partial charge is 0.125 e. The molecule has 0 radical (unpaired) electrons. The first kappa shape index (κ1) is 12.4. The molecular formula is C11H16ClFN2. The third-order valence-electron chi connectivity index (χ3n) is 2.52. The standard InChI is InChI=1S/C11H16ClFN2/c1-3-15(2)11(7-14)8-4-9(12)6-10(13)5-8/h4-6,11H,3,7,14H2,1-2H3. The highest BCUT2D eigenvalue weighted by molar-refractivity contribution is 6.30. The number of halogens is 2. The SMILES string of the molecule is CCN(C)C(CN)c1cc(F)cc(Cl)c1. The molecule has 0 saturated heterocycles. The van der Waals surface area contributed by atoms with Crippen LogP contribution < -0.4 is 5.73 Å². The molecule has 1 aromatic carbocycles. The molecule has 15 heavy (non-hydrogen) atoms. The lowest BCUT2D eigenvalue weighted by Crippen LogP contribution is -2.30. The first-order chi connectivity index (χ1) is 7.08. The van der Waals surface area contributed by atoms with E-state index in [9.17, 15) is 4.39 Å². The summed E-state index contributed by atoms with van der Waals surface area (Å²) >= 11 is 5.80. The van der Waals surface area contributed by atoms with Crippen molar-refractivity contribution in [2.24, 2.45) is 5.73 Å². The highest BCUT2D eigenvalue weighted by atomic mass is 35.5. The van der Waals surface area contributed by atoms with Crippen molar-refractivity contribution in [1.29, 1.82) is 0 Å². The Hall–Kier alpha value is -0.640. The van der Waals surface area contributed by atoms with Crippen LogP contribution in [-0.2, 0) is 0 Å². The number of nitrogens with two attached hydrogens (primary N) is 1. The van der Waals surface area contributed by atoms with Crippen LogP contribution in [0.1, 0.15) is 18.5 Å². The quantitative estimate of drug-likeness (QED) is 0.861. The lowest BCUT2D eigenvalue weighted by atomic mass is 10.1. The predicted octanol–water partition coefficient (Wildman–Crippen LogP) is 2.43. The van der Waals surface area contributed by atoms with Gasteiger partial charge in [0, 0.05) is 17.6 Å². The first-order valence-electron chi connectivity index (χ1n) is 4.94. The predicted molar refractivity (Wildman–Crippen MR) is 61.5 cm³/mol. The summed E-state index contributed by atoms with van der Waals surface area (Å²) in [4.78, 5) is 2.06. The molecule has 1 rings (SSSR count). The molecule has 4 heteroatoms. The summed E-state index contributed by atoms with van der Waals surface area (Å²) in [5, 5.41) is 0.410. The Kier molecular flexibility index (Phi) is 4.51. The van der Waals surface area contributed by atoms with E-state index in [1.807, 2.05) is 14.0 Å². The third kappa shape index (κ3) is 3.16. The van der Waals surface area contributed by atoms with E-state index in [-0.39, 0.29) is 11.9 Å². The van der Waals surface area contributed by atoms with Crippen LogP contribution in [0.2, 0.25) is 5.02 Å². The van der Waals surface area contributed by atoms with E-state index >= 15 is 0 Å². The van der Waals surface area contributed by atoms with Crippen molar-refractivity contribution in [3.05, 3.63) is 34.6 Å². The second-order valence-electron chi connectivity index (χ2n) is 3.53. The van der Waals surface area contributed by atoms with Crippen molar-refractivity contribution in [3.8, 4) is 0 Å². The highest BCUT2D eigenvalue weighted by Crippen LogP contribution is 2.22. The van der Waals surface area contributed by atoms with Gasteiger partial charge in [-0.25, -0.2) is 4.39 Å². The van der Waals surface area contributed by atoms with E-state index in [4.69, 9.17) is 17.3 Å². The Morgan fingerprint density at radius 2 is 2.13 bits per heavy atom. The molecule has 1 aromatic rings. The second-order valence-corrected chi connectivity index (χ2v) is 3.96. The molecule has 2 N–H and O–H groups in total. The van der Waals surface area contributed by atoms with Crippen molar-refractivity contribution in [3.63, 3.8) is 0 Å². The molecule has 0 aliphatic rings. The Balaban J connectivity index is 3.01. The van der Waals surface area contributed by atoms with E-state index in [0.717, 1.165) is 12.1 Å². The maximum Gasteiger partial charge on any atom is 0.125 e. The first-order valence-corrected chi connectivity index (χ1v) is 5.32. The van der Waals surface area contributed by atoms with Crippen molar-refractivity contribution in [1.82, 2.24) is 4.90 Å². The molecule has 0 aliphatic carbocycles. The lowest BCUT2D eigenvalue weighted by Gasteiger charge is -2.26. The van der Waals surface area contributed by atoms with Gasteiger partial charge in [-0.1, -0.05) is 18.5 Å². The van der Waals surface area contributed by atoms with E-state index in [0.29, 0.717) is 11.6 Å². The molecule has 0 saturated carbocycles. The maximum absolute atomic E-state index is 13.1. The maximum atomic E-state index is 13.1. The van der Waals surface area contributed by atoms with E-state index in [2.05, 4.69) is 4.90 Å². The van der Waals surface area contributed by atoms with Crippen LogP contribution in [-0.4, -0.2) is 25.0 Å². The van der Waals surface area contributed by atoms with Crippen LogP contribution in [0.15, 0.2) is 18.2 Å². The topological polar surface area (TPSA) is 29.3 Å². The number of likely N-dealkylation sites (N-methyl/N-ethyl adjacent to an activating group) is 1. The number of hydrogen-bond donors (Lipinski definition) is 1. The van der Waals surface area contributed by atoms with Gasteiger partial charge in [-0.15, -0.1) is 0 Å². The molecule has 1 atom stereocenters. The molecule has 0 aromatic heterocycles. The number of benzene rings is 1. The molecule has 0 bridgehead atoms. The van der Waals surface area contributed by atoms with Gasteiger partial charge < -0.3 is 5.73 Å². The number of hydrogen-bond acceptors (Lipinski definition) is 2. The van der Waals surface area contributed by atoms with Crippen molar-refractivity contribution in [2.45, 2.75) is 13.0 Å². The van der Waals surface area contributed by atoms with Gasteiger partial charge in [-0.2, -0.15) is 0 Å². The monoisotopic (exact) mass is 230 g/mol. The largest absolute Gasteiger partial charge is 0.329 e. The summed E-state index contributed by atoms with van der Waals surface area (Å²) in [6.45, 7) is 3.34. The Bertz CT molecular complexity index is 310. The Morgan fingerprint density at radius 1 is 1.47 bits per heavy atom. The van der Waals surface area contributed by atoms with Gasteiger partial charge in [-0.05, 0) is 37.4 Å². The van der Waals surface area contributed by atoms with Gasteiger partial charge in [0.1, 0.15) is 5.82 Å². The van der Waals surface area contributed by atoms with E-state index in [1.54, 1.807) is 6.07 Å². The minimum absolute atomic E-state index is 0.0169. The minimum Gasteiger partial charge on any atom is -0.329 e. The van der Waals surface area contributed by atoms with Gasteiger partial charge >= 0.3 is 0 Å². The van der Waals surface area contributed by atoms with Gasteiger partial charge in [-0.3, -0.25) is 4.90 Å². The average Bonchev–Trinajstić information content (AvgIpc) is 2.17. The van der Waals surface area contributed by atoms with Crippen LogP contribution in [0, 0.1) is 5.82 Å². The van der Waals surface area contributed by atoms with Crippen molar-refractivity contribution in [2.75, 3.05) is 20.1 Å². The minimum atomic E-state index is -0.319. The Morgan fingerprint density at radius 3 is 2.60 bits per heavy atom. The average molecular weight is 231 g/mol. The van der Waals surface area contributed by atoms with Crippen LogP contribution in [0.4, 0.5) is 4.39 Å². The van der Waals surface area contributed by atoms with Crippen molar-refractivity contribution < 1.29 is 4.39 Å². The van der Waals surface area contributed by atoms with Gasteiger partial charge in [0.2, 0.25) is 0 Å². The zero-order chi connectivity index (χ0) is 11.4. The lowest BCUT2D eigenvalue weighted by molar-refractivity contribution is 0.263. The molecule has 0 fully saturated rings. The van der Waals surface area contributed by atoms with Crippen LogP contribution in [0.5, 0.6) is 0 Å². The molecule has 0 aliphatic heterocycles. The fourth-order valence-corrected chi connectivity index (χ4v) is 1.79. The number of rotatable bonds is 4. The van der Waals surface area contributed by atoms with Gasteiger partial charge in [0.15, 0.2) is 0 Å². The fraction of sp³-hybridized carbons (Fsp3) is 0.455. The molecule has 0 spiro atoms. The zero-order valence-corrected chi connectivity index (χ0v) is 9.76. The van der Waals surface area contributed by atoms with Crippen LogP contribution in [0.25, 0.3) is 0 Å². The van der Waals surface area contributed by atoms with Crippen LogP contribution in [0.3, 0.4) is 0 Å². The summed E-state index contributed by atoms with van der Waals surface area (Å²) in [6.07, 6.45) is 0. The normalized spacial score (nSPS) is 13.2. The van der Waals surface area contributed by atoms with Gasteiger partial charge in [0.25, 0.3) is 0 Å².